The molecular weight excluding hydrogens is 174 g/mol. The number of hydrogen-bond donors (Lipinski definition) is 1. The minimum atomic E-state index is -0.936. The van der Waals surface area contributed by atoms with Gasteiger partial charge in [0.05, 0.1) is 5.69 Å². The van der Waals surface area contributed by atoms with Crippen molar-refractivity contribution in [2.24, 2.45) is 0 Å². The Morgan fingerprint density at radius 1 is 1.83 bits per heavy atom. The Labute approximate surface area is 75.1 Å². The summed E-state index contributed by atoms with van der Waals surface area (Å²) in [6, 6.07) is 0. The van der Waals surface area contributed by atoms with Gasteiger partial charge in [0.15, 0.2) is 0 Å². The van der Waals surface area contributed by atoms with E-state index in [2.05, 4.69) is 11.9 Å². The van der Waals surface area contributed by atoms with Crippen LogP contribution in [0.15, 0.2) is 5.38 Å². The fourth-order valence-electron chi connectivity index (χ4n) is 0.820. The predicted octanol–water partition coefficient (Wildman–Crippen LogP) is 2.35. The normalized spacial score (nSPS) is 12.8. The van der Waals surface area contributed by atoms with Crippen molar-refractivity contribution in [1.82, 2.24) is 4.98 Å². The minimum Gasteiger partial charge on any atom is -0.476 e. The van der Waals surface area contributed by atoms with E-state index in [0.29, 0.717) is 5.92 Å². The van der Waals surface area contributed by atoms with Gasteiger partial charge in [-0.15, -0.1) is 11.3 Å². The predicted molar refractivity (Wildman–Crippen MR) is 47.8 cm³/mol. The second-order valence-electron chi connectivity index (χ2n) is 2.69. The van der Waals surface area contributed by atoms with Gasteiger partial charge in [-0.05, 0) is 12.3 Å². The van der Waals surface area contributed by atoms with E-state index >= 15 is 0 Å². The molecule has 12 heavy (non-hydrogen) atoms. The highest BCUT2D eigenvalue weighted by atomic mass is 32.1. The van der Waals surface area contributed by atoms with Gasteiger partial charge in [0, 0.05) is 5.38 Å². The van der Waals surface area contributed by atoms with Crippen LogP contribution >= 0.6 is 11.3 Å². The average Bonchev–Trinajstić information content (AvgIpc) is 2.51. The Hall–Kier alpha value is -0.900. The number of rotatable bonds is 3. The third-order valence-corrected chi connectivity index (χ3v) is 2.67. The van der Waals surface area contributed by atoms with E-state index in [0.717, 1.165) is 12.1 Å². The van der Waals surface area contributed by atoms with Gasteiger partial charge < -0.3 is 5.11 Å². The number of hydrogen-bond acceptors (Lipinski definition) is 3. The molecule has 0 amide bonds. The smallest absolute Gasteiger partial charge is 0.365 e. The number of nitrogens with zero attached hydrogens (tertiary/aromatic N) is 1. The first-order chi connectivity index (χ1) is 5.65. The standard InChI is InChI=1S/C8H11NO2S/c1-3-5(2)6-4-12-7(9-6)8(10)11/h4-5H,3H2,1-2H3,(H,10,11). The highest BCUT2D eigenvalue weighted by Gasteiger charge is 2.11. The Morgan fingerprint density at radius 2 is 2.50 bits per heavy atom. The van der Waals surface area contributed by atoms with Crippen molar-refractivity contribution in [1.29, 1.82) is 0 Å². The molecule has 0 bridgehead atoms. The fourth-order valence-corrected chi connectivity index (χ4v) is 1.60. The maximum atomic E-state index is 10.5. The van der Waals surface area contributed by atoms with Crippen molar-refractivity contribution >= 4 is 17.3 Å². The van der Waals surface area contributed by atoms with Crippen LogP contribution < -0.4 is 0 Å². The molecule has 1 heterocycles. The van der Waals surface area contributed by atoms with Crippen LogP contribution in [0.3, 0.4) is 0 Å². The van der Waals surface area contributed by atoms with Gasteiger partial charge in [0.2, 0.25) is 5.01 Å². The molecule has 1 N–H and O–H groups in total. The van der Waals surface area contributed by atoms with Gasteiger partial charge >= 0.3 is 5.97 Å². The van der Waals surface area contributed by atoms with Crippen molar-refractivity contribution in [2.75, 3.05) is 0 Å². The highest BCUT2D eigenvalue weighted by molar-refractivity contribution is 7.11. The zero-order chi connectivity index (χ0) is 9.14. The SMILES string of the molecule is CCC(C)c1csc(C(=O)O)n1. The van der Waals surface area contributed by atoms with Crippen LogP contribution in [-0.2, 0) is 0 Å². The van der Waals surface area contributed by atoms with E-state index in [9.17, 15) is 4.79 Å². The van der Waals surface area contributed by atoms with Gasteiger partial charge in [0.1, 0.15) is 0 Å². The number of aromatic carboxylic acids is 1. The molecule has 4 heteroatoms. The molecule has 0 aliphatic heterocycles. The molecule has 0 aliphatic carbocycles. The molecule has 0 aliphatic rings. The second-order valence-corrected chi connectivity index (χ2v) is 3.55. The Balaban J connectivity index is 2.84. The molecule has 0 aromatic carbocycles. The van der Waals surface area contributed by atoms with Gasteiger partial charge in [-0.1, -0.05) is 13.8 Å². The molecule has 3 nitrogen and oxygen atoms in total. The van der Waals surface area contributed by atoms with E-state index in [1.165, 1.54) is 11.3 Å². The molecular formula is C8H11NO2S. The summed E-state index contributed by atoms with van der Waals surface area (Å²) in [6.45, 7) is 4.10. The van der Waals surface area contributed by atoms with Crippen molar-refractivity contribution in [3.05, 3.63) is 16.1 Å². The van der Waals surface area contributed by atoms with E-state index in [1.807, 2.05) is 12.3 Å². The Morgan fingerprint density at radius 3 is 2.92 bits per heavy atom. The second kappa shape index (κ2) is 3.67. The first-order valence-electron chi connectivity index (χ1n) is 3.83. The molecule has 1 unspecified atom stereocenters. The Kier molecular flexibility index (Phi) is 2.81. The lowest BCUT2D eigenvalue weighted by molar-refractivity contribution is 0.0696. The quantitative estimate of drug-likeness (QED) is 0.786. The summed E-state index contributed by atoms with van der Waals surface area (Å²) in [5, 5.41) is 10.6. The van der Waals surface area contributed by atoms with Gasteiger partial charge in [-0.25, -0.2) is 9.78 Å². The van der Waals surface area contributed by atoms with Crippen LogP contribution in [0, 0.1) is 0 Å². The number of carboxylic acids is 1. The van der Waals surface area contributed by atoms with Crippen molar-refractivity contribution in [2.45, 2.75) is 26.2 Å². The summed E-state index contributed by atoms with van der Waals surface area (Å²) in [6.07, 6.45) is 0.989. The lowest BCUT2D eigenvalue weighted by Gasteiger charge is -2.01. The van der Waals surface area contributed by atoms with Crippen LogP contribution in [0.1, 0.15) is 41.7 Å². The monoisotopic (exact) mass is 185 g/mol. The van der Waals surface area contributed by atoms with Gasteiger partial charge in [-0.2, -0.15) is 0 Å². The highest BCUT2D eigenvalue weighted by Crippen LogP contribution is 2.20. The molecule has 0 saturated carbocycles. The molecule has 1 atom stereocenters. The average molecular weight is 185 g/mol. The topological polar surface area (TPSA) is 50.2 Å². The molecule has 0 radical (unpaired) electrons. The Bertz CT molecular complexity index is 282. The fraction of sp³-hybridized carbons (Fsp3) is 0.500. The lowest BCUT2D eigenvalue weighted by Crippen LogP contribution is -1.97. The minimum absolute atomic E-state index is 0.185. The molecule has 1 aromatic heterocycles. The van der Waals surface area contributed by atoms with Gasteiger partial charge in [0.25, 0.3) is 0 Å². The largest absolute Gasteiger partial charge is 0.476 e. The number of carboxylic acid groups (broad SMARTS) is 1. The summed E-state index contributed by atoms with van der Waals surface area (Å²) < 4.78 is 0. The first-order valence-corrected chi connectivity index (χ1v) is 4.71. The number of thiazole rings is 1. The van der Waals surface area contributed by atoms with E-state index < -0.39 is 5.97 Å². The van der Waals surface area contributed by atoms with Gasteiger partial charge in [-0.3, -0.25) is 0 Å². The molecule has 0 saturated heterocycles. The van der Waals surface area contributed by atoms with E-state index in [1.54, 1.807) is 0 Å². The van der Waals surface area contributed by atoms with E-state index in [-0.39, 0.29) is 5.01 Å². The first kappa shape index (κ1) is 9.19. The van der Waals surface area contributed by atoms with Crippen molar-refractivity contribution in [3.63, 3.8) is 0 Å². The van der Waals surface area contributed by atoms with Crippen LogP contribution in [0.2, 0.25) is 0 Å². The summed E-state index contributed by atoms with van der Waals surface area (Å²) in [4.78, 5) is 14.5. The zero-order valence-electron chi connectivity index (χ0n) is 7.07. The van der Waals surface area contributed by atoms with Crippen molar-refractivity contribution < 1.29 is 9.90 Å². The summed E-state index contributed by atoms with van der Waals surface area (Å²) in [5.41, 5.74) is 0.889. The number of carbonyl (C=O) groups is 1. The molecule has 66 valence electrons. The summed E-state index contributed by atoms with van der Waals surface area (Å²) in [5.74, 6) is -0.580. The number of aromatic nitrogens is 1. The third-order valence-electron chi connectivity index (χ3n) is 1.82. The maximum Gasteiger partial charge on any atom is 0.365 e. The maximum absolute atomic E-state index is 10.5. The third kappa shape index (κ3) is 1.82. The summed E-state index contributed by atoms with van der Waals surface area (Å²) in [7, 11) is 0. The molecule has 1 rings (SSSR count). The molecule has 0 fully saturated rings. The van der Waals surface area contributed by atoms with E-state index in [4.69, 9.17) is 5.11 Å². The zero-order valence-corrected chi connectivity index (χ0v) is 7.89. The molecule has 1 aromatic rings. The van der Waals surface area contributed by atoms with Crippen LogP contribution in [0.4, 0.5) is 0 Å². The lowest BCUT2D eigenvalue weighted by atomic mass is 10.1. The van der Waals surface area contributed by atoms with Crippen LogP contribution in [-0.4, -0.2) is 16.1 Å². The van der Waals surface area contributed by atoms with Crippen molar-refractivity contribution in [3.8, 4) is 0 Å². The van der Waals surface area contributed by atoms with Crippen LogP contribution in [0.25, 0.3) is 0 Å². The van der Waals surface area contributed by atoms with Crippen LogP contribution in [0.5, 0.6) is 0 Å². The summed E-state index contributed by atoms with van der Waals surface area (Å²) >= 11 is 1.19. The molecule has 0 spiro atoms.